The summed E-state index contributed by atoms with van der Waals surface area (Å²) in [4.78, 5) is 28.5. The van der Waals surface area contributed by atoms with Crippen LogP contribution in [-0.4, -0.2) is 21.0 Å². The first-order valence-corrected chi connectivity index (χ1v) is 5.62. The van der Waals surface area contributed by atoms with E-state index in [-0.39, 0.29) is 27.8 Å². The number of nitrogens with one attached hydrogen (secondary N) is 1. The van der Waals surface area contributed by atoms with Gasteiger partial charge in [-0.1, -0.05) is 11.6 Å². The average molecular weight is 281 g/mol. The van der Waals surface area contributed by atoms with Crippen molar-refractivity contribution in [3.05, 3.63) is 51.0 Å². The molecule has 1 aromatic heterocycles. The van der Waals surface area contributed by atoms with Gasteiger partial charge in [0.25, 0.3) is 5.56 Å². The van der Waals surface area contributed by atoms with Crippen molar-refractivity contribution in [2.75, 3.05) is 0 Å². The van der Waals surface area contributed by atoms with Crippen LogP contribution in [0.2, 0.25) is 5.02 Å². The average Bonchev–Trinajstić information content (AvgIpc) is 2.30. The van der Waals surface area contributed by atoms with Gasteiger partial charge in [0.1, 0.15) is 11.6 Å². The second-order valence-corrected chi connectivity index (χ2v) is 4.13. The van der Waals surface area contributed by atoms with Gasteiger partial charge >= 0.3 is 5.97 Å². The molecule has 0 unspecified atom stereocenters. The van der Waals surface area contributed by atoms with Gasteiger partial charge in [-0.2, -0.15) is 0 Å². The summed E-state index contributed by atoms with van der Waals surface area (Å²) in [6.07, 6.45) is 0. The molecule has 0 aliphatic rings. The van der Waals surface area contributed by atoms with E-state index < -0.39 is 5.97 Å². The molecule has 0 fully saturated rings. The number of aromatic nitrogens is 2. The van der Waals surface area contributed by atoms with E-state index in [2.05, 4.69) is 9.97 Å². The highest BCUT2D eigenvalue weighted by Crippen LogP contribution is 2.28. The van der Waals surface area contributed by atoms with Crippen LogP contribution < -0.4 is 10.3 Å². The summed E-state index contributed by atoms with van der Waals surface area (Å²) in [6, 6.07) is 5.20. The number of benzene rings is 1. The standard InChI is InChI=1S/C12H9ClN2O4/c1-6-14-10(16)5-11(15-6)19-9-3-2-7(12(17)18)4-8(9)13/h2-5H,1H3,(H,17,18)(H,14,15,16). The number of aryl methyl sites for hydroxylation is 1. The number of H-pyrrole nitrogens is 1. The monoisotopic (exact) mass is 280 g/mol. The molecule has 2 aromatic rings. The number of rotatable bonds is 3. The summed E-state index contributed by atoms with van der Waals surface area (Å²) < 4.78 is 5.35. The van der Waals surface area contributed by atoms with Crippen molar-refractivity contribution in [1.82, 2.24) is 9.97 Å². The lowest BCUT2D eigenvalue weighted by Crippen LogP contribution is -2.08. The van der Waals surface area contributed by atoms with Gasteiger partial charge in [0, 0.05) is 0 Å². The number of hydrogen-bond donors (Lipinski definition) is 2. The van der Waals surface area contributed by atoms with Crippen LogP contribution in [0.5, 0.6) is 11.6 Å². The quantitative estimate of drug-likeness (QED) is 0.899. The Morgan fingerprint density at radius 3 is 2.74 bits per heavy atom. The molecule has 1 heterocycles. The van der Waals surface area contributed by atoms with Crippen molar-refractivity contribution >= 4 is 17.6 Å². The first-order valence-electron chi connectivity index (χ1n) is 5.24. The highest BCUT2D eigenvalue weighted by molar-refractivity contribution is 6.32. The summed E-state index contributed by atoms with van der Waals surface area (Å²) in [5, 5.41) is 8.93. The Kier molecular flexibility index (Phi) is 3.52. The van der Waals surface area contributed by atoms with Crippen molar-refractivity contribution < 1.29 is 14.6 Å². The number of hydrogen-bond acceptors (Lipinski definition) is 4. The third-order valence-corrected chi connectivity index (χ3v) is 2.53. The van der Waals surface area contributed by atoms with E-state index in [1.165, 1.54) is 24.3 Å². The van der Waals surface area contributed by atoms with Crippen molar-refractivity contribution in [2.24, 2.45) is 0 Å². The molecular formula is C12H9ClN2O4. The van der Waals surface area contributed by atoms with E-state index in [0.29, 0.717) is 5.82 Å². The van der Waals surface area contributed by atoms with Crippen LogP contribution in [-0.2, 0) is 0 Å². The number of aromatic amines is 1. The van der Waals surface area contributed by atoms with E-state index in [1.54, 1.807) is 6.92 Å². The second-order valence-electron chi connectivity index (χ2n) is 3.72. The van der Waals surface area contributed by atoms with Gasteiger partial charge < -0.3 is 14.8 Å². The molecule has 2 rings (SSSR count). The lowest BCUT2D eigenvalue weighted by atomic mass is 10.2. The largest absolute Gasteiger partial charge is 0.478 e. The molecule has 0 aliphatic heterocycles. The maximum atomic E-state index is 11.2. The van der Waals surface area contributed by atoms with Crippen LogP contribution in [0, 0.1) is 6.92 Å². The topological polar surface area (TPSA) is 92.3 Å². The minimum atomic E-state index is -1.08. The maximum Gasteiger partial charge on any atom is 0.335 e. The van der Waals surface area contributed by atoms with Gasteiger partial charge in [-0.25, -0.2) is 9.78 Å². The van der Waals surface area contributed by atoms with Crippen LogP contribution in [0.1, 0.15) is 16.2 Å². The first kappa shape index (κ1) is 13.1. The molecule has 6 nitrogen and oxygen atoms in total. The molecule has 0 bridgehead atoms. The van der Waals surface area contributed by atoms with E-state index in [0.717, 1.165) is 0 Å². The van der Waals surface area contributed by atoms with Crippen molar-refractivity contribution in [3.63, 3.8) is 0 Å². The molecule has 0 spiro atoms. The van der Waals surface area contributed by atoms with E-state index in [9.17, 15) is 9.59 Å². The Bertz CT molecular complexity index is 696. The fraction of sp³-hybridized carbons (Fsp3) is 0.0833. The minimum Gasteiger partial charge on any atom is -0.478 e. The van der Waals surface area contributed by atoms with E-state index in [1.807, 2.05) is 0 Å². The highest BCUT2D eigenvalue weighted by Gasteiger charge is 2.09. The van der Waals surface area contributed by atoms with Crippen LogP contribution in [0.3, 0.4) is 0 Å². The number of aromatic carboxylic acids is 1. The van der Waals surface area contributed by atoms with Gasteiger partial charge in [-0.05, 0) is 25.1 Å². The molecule has 0 radical (unpaired) electrons. The number of halogens is 1. The van der Waals surface area contributed by atoms with Gasteiger partial charge in [0.2, 0.25) is 5.88 Å². The zero-order valence-corrected chi connectivity index (χ0v) is 10.6. The normalized spacial score (nSPS) is 10.2. The lowest BCUT2D eigenvalue weighted by molar-refractivity contribution is 0.0697. The predicted octanol–water partition coefficient (Wildman–Crippen LogP) is 2.22. The van der Waals surface area contributed by atoms with Crippen molar-refractivity contribution in [3.8, 4) is 11.6 Å². The SMILES string of the molecule is Cc1nc(Oc2ccc(C(=O)O)cc2Cl)cc(=O)[nH]1. The third-order valence-electron chi connectivity index (χ3n) is 2.23. The fourth-order valence-electron chi connectivity index (χ4n) is 1.43. The lowest BCUT2D eigenvalue weighted by Gasteiger charge is -2.07. The Morgan fingerprint density at radius 2 is 2.16 bits per heavy atom. The highest BCUT2D eigenvalue weighted by atomic mass is 35.5. The molecule has 7 heteroatoms. The summed E-state index contributed by atoms with van der Waals surface area (Å²) in [5.74, 6) is -0.366. The predicted molar refractivity (Wildman–Crippen MR) is 68.1 cm³/mol. The van der Waals surface area contributed by atoms with Crippen molar-refractivity contribution in [2.45, 2.75) is 6.92 Å². The van der Waals surface area contributed by atoms with Crippen LogP contribution in [0.25, 0.3) is 0 Å². The Labute approximate surface area is 112 Å². The molecule has 0 saturated heterocycles. The molecule has 0 saturated carbocycles. The van der Waals surface area contributed by atoms with Gasteiger partial charge in [-0.3, -0.25) is 4.79 Å². The zero-order chi connectivity index (χ0) is 14.0. The third kappa shape index (κ3) is 3.11. The number of carboxylic acid groups (broad SMARTS) is 1. The van der Waals surface area contributed by atoms with E-state index in [4.69, 9.17) is 21.4 Å². The zero-order valence-electron chi connectivity index (χ0n) is 9.81. The molecule has 2 N–H and O–H groups in total. The molecule has 19 heavy (non-hydrogen) atoms. The summed E-state index contributed by atoms with van der Waals surface area (Å²) in [6.45, 7) is 1.61. The molecule has 98 valence electrons. The molecule has 1 aromatic carbocycles. The summed E-state index contributed by atoms with van der Waals surface area (Å²) >= 11 is 5.90. The maximum absolute atomic E-state index is 11.2. The van der Waals surface area contributed by atoms with Gasteiger partial charge in [-0.15, -0.1) is 0 Å². The summed E-state index contributed by atoms with van der Waals surface area (Å²) in [7, 11) is 0. The first-order chi connectivity index (χ1) is 8.95. The smallest absolute Gasteiger partial charge is 0.335 e. The molecule has 0 aliphatic carbocycles. The van der Waals surface area contributed by atoms with E-state index >= 15 is 0 Å². The second kappa shape index (κ2) is 5.11. The van der Waals surface area contributed by atoms with Crippen LogP contribution in [0.4, 0.5) is 0 Å². The number of carboxylic acids is 1. The number of carbonyl (C=O) groups is 1. The Hall–Kier alpha value is -2.34. The Morgan fingerprint density at radius 1 is 1.42 bits per heavy atom. The number of ether oxygens (including phenoxy) is 1. The molecule has 0 atom stereocenters. The molecular weight excluding hydrogens is 272 g/mol. The van der Waals surface area contributed by atoms with Gasteiger partial charge in [0.15, 0.2) is 0 Å². The van der Waals surface area contributed by atoms with Crippen molar-refractivity contribution in [1.29, 1.82) is 0 Å². The Balaban J connectivity index is 2.33. The summed E-state index contributed by atoms with van der Waals surface area (Å²) in [5.41, 5.74) is -0.298. The van der Waals surface area contributed by atoms with Crippen LogP contribution in [0.15, 0.2) is 29.1 Å². The van der Waals surface area contributed by atoms with Crippen LogP contribution >= 0.6 is 11.6 Å². The number of nitrogens with zero attached hydrogens (tertiary/aromatic N) is 1. The minimum absolute atomic E-state index is 0.0485. The fourth-order valence-corrected chi connectivity index (χ4v) is 1.65. The molecule has 0 amide bonds. The van der Waals surface area contributed by atoms with Gasteiger partial charge in [0.05, 0.1) is 16.7 Å².